The van der Waals surface area contributed by atoms with Gasteiger partial charge in [0.1, 0.15) is 0 Å². The van der Waals surface area contributed by atoms with E-state index >= 15 is 0 Å². The fourth-order valence-electron chi connectivity index (χ4n) is 1.36. The Hall–Kier alpha value is -0.425. The predicted molar refractivity (Wildman–Crippen MR) is 61.3 cm³/mol. The zero-order valence-corrected chi connectivity index (χ0v) is 15.5. The maximum atomic E-state index is 13.3. The maximum absolute atomic E-state index is 13.3. The van der Waals surface area contributed by atoms with Crippen molar-refractivity contribution in [2.24, 2.45) is 0 Å². The number of halogens is 2. The molecule has 0 aromatic heterocycles. The van der Waals surface area contributed by atoms with Crippen molar-refractivity contribution in [3.05, 3.63) is 65.2 Å². The second-order valence-corrected chi connectivity index (χ2v) is 3.73. The number of rotatable bonds is 2. The van der Waals surface area contributed by atoms with Crippen molar-refractivity contribution in [3.63, 3.8) is 0 Å². The molecular weight excluding hydrogens is 324 g/mol. The standard InChI is InChI=1S/C14H9F2O2.Rb/c1-9-5-7-10(8-6-9)14(17)18-12-4-2-3-11(15)13(12)16;/h2,4-8H,1H3;/q-1;+1. The number of carbonyl (C=O) groups excluding carboxylic acids is 1. The van der Waals surface area contributed by atoms with E-state index in [1.54, 1.807) is 24.3 Å². The number of benzene rings is 2. The van der Waals surface area contributed by atoms with Crippen molar-refractivity contribution in [1.82, 2.24) is 0 Å². The number of esters is 1. The summed E-state index contributed by atoms with van der Waals surface area (Å²) in [7, 11) is 0. The molecule has 0 bridgehead atoms. The van der Waals surface area contributed by atoms with Crippen molar-refractivity contribution in [2.75, 3.05) is 0 Å². The molecule has 0 aliphatic carbocycles. The molecule has 0 aliphatic rings. The van der Waals surface area contributed by atoms with Gasteiger partial charge in [0.25, 0.3) is 0 Å². The second kappa shape index (κ2) is 7.38. The van der Waals surface area contributed by atoms with Crippen molar-refractivity contribution in [1.29, 1.82) is 0 Å². The normalized spacial score (nSPS) is 9.63. The summed E-state index contributed by atoms with van der Waals surface area (Å²) in [4.78, 5) is 11.7. The van der Waals surface area contributed by atoms with Crippen molar-refractivity contribution < 1.29 is 76.5 Å². The molecule has 0 heterocycles. The SMILES string of the molecule is Cc1ccc(C(=O)Oc2cc[c-]c(F)c2F)cc1.[Rb+]. The number of hydrogen-bond acceptors (Lipinski definition) is 2. The number of ether oxygens (including phenoxy) is 1. The first kappa shape index (κ1) is 16.6. The predicted octanol–water partition coefficient (Wildman–Crippen LogP) is 0.297. The summed E-state index contributed by atoms with van der Waals surface area (Å²) in [5.74, 6) is -3.58. The van der Waals surface area contributed by atoms with Crippen LogP contribution in [0.1, 0.15) is 15.9 Å². The van der Waals surface area contributed by atoms with Gasteiger partial charge in [0.15, 0.2) is 0 Å². The van der Waals surface area contributed by atoms with Gasteiger partial charge in [-0.05, 0) is 19.1 Å². The third kappa shape index (κ3) is 4.28. The van der Waals surface area contributed by atoms with Crippen LogP contribution in [0.3, 0.4) is 0 Å². The molecule has 0 radical (unpaired) electrons. The van der Waals surface area contributed by atoms with Gasteiger partial charge >= 0.3 is 64.2 Å². The number of aryl methyl sites for hydroxylation is 1. The van der Waals surface area contributed by atoms with Crippen molar-refractivity contribution >= 4 is 5.97 Å². The van der Waals surface area contributed by atoms with Crippen LogP contribution in [-0.2, 0) is 0 Å². The van der Waals surface area contributed by atoms with E-state index < -0.39 is 23.4 Å². The monoisotopic (exact) mass is 332 g/mol. The maximum Gasteiger partial charge on any atom is 1.00 e. The van der Waals surface area contributed by atoms with Crippen LogP contribution in [-0.4, -0.2) is 5.97 Å². The molecule has 2 nitrogen and oxygen atoms in total. The first-order valence-corrected chi connectivity index (χ1v) is 5.22. The Labute approximate surface area is 158 Å². The van der Waals surface area contributed by atoms with Crippen LogP contribution in [0.15, 0.2) is 36.4 Å². The van der Waals surface area contributed by atoms with Gasteiger partial charge in [0, 0.05) is 5.82 Å². The quantitative estimate of drug-likeness (QED) is 0.449. The van der Waals surface area contributed by atoms with Gasteiger partial charge in [0.2, 0.25) is 0 Å². The number of carbonyl (C=O) groups is 1. The van der Waals surface area contributed by atoms with E-state index in [9.17, 15) is 13.6 Å². The van der Waals surface area contributed by atoms with Gasteiger partial charge in [-0.25, -0.2) is 9.18 Å². The van der Waals surface area contributed by atoms with Gasteiger partial charge in [-0.15, -0.1) is 12.1 Å². The zero-order chi connectivity index (χ0) is 13.1. The first-order valence-electron chi connectivity index (χ1n) is 5.22. The summed E-state index contributed by atoms with van der Waals surface area (Å²) < 4.78 is 30.9. The summed E-state index contributed by atoms with van der Waals surface area (Å²) in [6.07, 6.45) is 0. The third-order valence-electron chi connectivity index (χ3n) is 2.34. The minimum atomic E-state index is -1.22. The summed E-state index contributed by atoms with van der Waals surface area (Å²) in [5.41, 5.74) is 1.26. The van der Waals surface area contributed by atoms with Crippen LogP contribution in [0.5, 0.6) is 5.75 Å². The molecule has 0 saturated carbocycles. The first-order chi connectivity index (χ1) is 8.58. The molecule has 2 aromatic rings. The molecule has 0 unspecified atom stereocenters. The van der Waals surface area contributed by atoms with Crippen LogP contribution >= 0.6 is 0 Å². The molecule has 19 heavy (non-hydrogen) atoms. The van der Waals surface area contributed by atoms with E-state index in [1.807, 2.05) is 13.0 Å². The van der Waals surface area contributed by atoms with Crippen LogP contribution in [0.2, 0.25) is 0 Å². The van der Waals surface area contributed by atoms with Crippen LogP contribution in [0.25, 0.3) is 0 Å². The Morgan fingerprint density at radius 2 is 1.79 bits per heavy atom. The molecular formula is C14H9F2O2Rb. The third-order valence-corrected chi connectivity index (χ3v) is 2.34. The summed E-state index contributed by atoms with van der Waals surface area (Å²) in [5, 5.41) is 0. The molecule has 0 fully saturated rings. The molecule has 0 N–H and O–H groups in total. The van der Waals surface area contributed by atoms with Crippen LogP contribution < -0.4 is 62.9 Å². The molecule has 0 amide bonds. The molecule has 0 atom stereocenters. The average Bonchev–Trinajstić information content (AvgIpc) is 2.36. The van der Waals surface area contributed by atoms with Crippen LogP contribution in [0.4, 0.5) is 8.78 Å². The van der Waals surface area contributed by atoms with Gasteiger partial charge in [0.05, 0.1) is 17.1 Å². The van der Waals surface area contributed by atoms with Gasteiger partial charge < -0.3 is 4.74 Å². The Morgan fingerprint density at radius 1 is 1.16 bits per heavy atom. The fourth-order valence-corrected chi connectivity index (χ4v) is 1.36. The molecule has 0 aliphatic heterocycles. The molecule has 92 valence electrons. The second-order valence-electron chi connectivity index (χ2n) is 3.73. The molecule has 2 rings (SSSR count). The molecule has 2 aromatic carbocycles. The Kier molecular flexibility index (Phi) is 6.46. The van der Waals surface area contributed by atoms with E-state index in [1.165, 1.54) is 0 Å². The zero-order valence-electron chi connectivity index (χ0n) is 10.5. The summed E-state index contributed by atoms with van der Waals surface area (Å²) in [6, 6.07) is 10.9. The van der Waals surface area contributed by atoms with Crippen molar-refractivity contribution in [2.45, 2.75) is 6.92 Å². The van der Waals surface area contributed by atoms with E-state index in [4.69, 9.17) is 4.74 Å². The van der Waals surface area contributed by atoms with E-state index in [2.05, 4.69) is 0 Å². The van der Waals surface area contributed by atoms with Crippen LogP contribution in [0, 0.1) is 24.6 Å². The smallest absolute Gasteiger partial charge is 0.447 e. The molecule has 0 spiro atoms. The largest absolute Gasteiger partial charge is 1.00 e. The topological polar surface area (TPSA) is 26.3 Å². The Bertz CT molecular complexity index is 582. The minimum Gasteiger partial charge on any atom is -0.447 e. The fraction of sp³-hybridized carbons (Fsp3) is 0.0714. The van der Waals surface area contributed by atoms with Crippen molar-refractivity contribution in [3.8, 4) is 5.75 Å². The van der Waals surface area contributed by atoms with Gasteiger partial charge in [-0.2, -0.15) is 6.07 Å². The minimum absolute atomic E-state index is 0. The Balaban J connectivity index is 0.00000180. The van der Waals surface area contributed by atoms with E-state index in [-0.39, 0.29) is 63.8 Å². The van der Waals surface area contributed by atoms with E-state index in [0.29, 0.717) is 0 Å². The van der Waals surface area contributed by atoms with Gasteiger partial charge in [-0.3, -0.25) is 4.39 Å². The average molecular weight is 333 g/mol. The molecule has 5 heteroatoms. The number of hydrogen-bond donors (Lipinski definition) is 0. The molecule has 0 saturated heterocycles. The summed E-state index contributed by atoms with van der Waals surface area (Å²) >= 11 is 0. The van der Waals surface area contributed by atoms with E-state index in [0.717, 1.165) is 17.7 Å². The summed E-state index contributed by atoms with van der Waals surface area (Å²) in [6.45, 7) is 1.87. The Morgan fingerprint density at radius 3 is 2.42 bits per heavy atom. The van der Waals surface area contributed by atoms with Gasteiger partial charge in [-0.1, -0.05) is 17.7 Å².